The van der Waals surface area contributed by atoms with Crippen LogP contribution < -0.4 is 4.90 Å². The summed E-state index contributed by atoms with van der Waals surface area (Å²) >= 11 is 0. The second-order valence-corrected chi connectivity index (χ2v) is 10.6. The summed E-state index contributed by atoms with van der Waals surface area (Å²) in [7, 11) is -3.27. The van der Waals surface area contributed by atoms with Gasteiger partial charge in [-0.1, -0.05) is 0 Å². The Labute approximate surface area is 173 Å². The van der Waals surface area contributed by atoms with Crippen molar-refractivity contribution in [2.45, 2.75) is 43.8 Å². The first-order valence-electron chi connectivity index (χ1n) is 10.4. The third-order valence-corrected chi connectivity index (χ3v) is 7.05. The molecule has 0 saturated carbocycles. The van der Waals surface area contributed by atoms with E-state index in [2.05, 4.69) is 33.6 Å². The standard InChI is InChI=1S/C21H30N4O3S/c1-15-11-24(12-16(2)28-15)13-17-6-8-25(9-7-17)21-19-10-18(29(3,26)27)4-5-20(19)22-14-23-21/h4-5,10,14-17H,6-9,11-13H2,1-3H3. The summed E-state index contributed by atoms with van der Waals surface area (Å²) in [6.45, 7) is 9.29. The Morgan fingerprint density at radius 1 is 1.10 bits per heavy atom. The van der Waals surface area contributed by atoms with Gasteiger partial charge >= 0.3 is 0 Å². The third-order valence-electron chi connectivity index (χ3n) is 5.94. The lowest BCUT2D eigenvalue weighted by Crippen LogP contribution is -2.48. The van der Waals surface area contributed by atoms with E-state index < -0.39 is 9.84 Å². The number of morpholine rings is 1. The van der Waals surface area contributed by atoms with Crippen LogP contribution in [0.15, 0.2) is 29.4 Å². The minimum Gasteiger partial charge on any atom is -0.373 e. The van der Waals surface area contributed by atoms with Gasteiger partial charge in [-0.2, -0.15) is 0 Å². The first kappa shape index (κ1) is 20.5. The molecule has 1 aromatic heterocycles. The molecule has 2 unspecified atom stereocenters. The quantitative estimate of drug-likeness (QED) is 0.754. The average Bonchev–Trinajstić information content (AvgIpc) is 2.66. The highest BCUT2D eigenvalue weighted by Gasteiger charge is 2.27. The predicted molar refractivity (Wildman–Crippen MR) is 114 cm³/mol. The molecule has 2 atom stereocenters. The number of benzene rings is 1. The minimum atomic E-state index is -3.27. The van der Waals surface area contributed by atoms with Gasteiger partial charge in [0.2, 0.25) is 0 Å². The van der Waals surface area contributed by atoms with Crippen LogP contribution in [0, 0.1) is 5.92 Å². The number of hydrogen-bond donors (Lipinski definition) is 0. The Morgan fingerprint density at radius 3 is 2.45 bits per heavy atom. The van der Waals surface area contributed by atoms with E-state index in [4.69, 9.17) is 4.74 Å². The maximum absolute atomic E-state index is 12.0. The molecule has 8 heteroatoms. The van der Waals surface area contributed by atoms with Crippen LogP contribution in [0.2, 0.25) is 0 Å². The van der Waals surface area contributed by atoms with E-state index in [9.17, 15) is 8.42 Å². The van der Waals surface area contributed by atoms with Gasteiger partial charge in [0, 0.05) is 44.4 Å². The molecule has 0 N–H and O–H groups in total. The van der Waals surface area contributed by atoms with Crippen LogP contribution in [-0.2, 0) is 14.6 Å². The Kier molecular flexibility index (Phi) is 5.77. The van der Waals surface area contributed by atoms with Gasteiger partial charge in [-0.05, 0) is 50.8 Å². The van der Waals surface area contributed by atoms with Crippen LogP contribution in [-0.4, -0.2) is 74.5 Å². The fourth-order valence-electron chi connectivity index (χ4n) is 4.63. The minimum absolute atomic E-state index is 0.301. The van der Waals surface area contributed by atoms with Gasteiger partial charge in [0.15, 0.2) is 9.84 Å². The van der Waals surface area contributed by atoms with E-state index >= 15 is 0 Å². The van der Waals surface area contributed by atoms with Gasteiger partial charge < -0.3 is 9.64 Å². The molecule has 1 aromatic carbocycles. The van der Waals surface area contributed by atoms with Crippen molar-refractivity contribution in [3.63, 3.8) is 0 Å². The van der Waals surface area contributed by atoms with Crippen LogP contribution in [0.5, 0.6) is 0 Å². The Hall–Kier alpha value is -1.77. The maximum Gasteiger partial charge on any atom is 0.175 e. The molecule has 7 nitrogen and oxygen atoms in total. The SMILES string of the molecule is CC1CN(CC2CCN(c3ncnc4ccc(S(C)(=O)=O)cc34)CC2)CC(C)O1. The number of fused-ring (bicyclic) bond motifs is 1. The van der Waals surface area contributed by atoms with Crippen molar-refractivity contribution < 1.29 is 13.2 Å². The van der Waals surface area contributed by atoms with Crippen molar-refractivity contribution in [2.75, 3.05) is 43.9 Å². The molecule has 2 saturated heterocycles. The summed E-state index contributed by atoms with van der Waals surface area (Å²) in [6.07, 6.45) is 5.62. The Bertz CT molecular complexity index is 963. The van der Waals surface area contributed by atoms with Crippen LogP contribution >= 0.6 is 0 Å². The molecule has 4 rings (SSSR count). The molecule has 0 spiro atoms. The summed E-state index contributed by atoms with van der Waals surface area (Å²) in [5, 5.41) is 0.810. The van der Waals surface area contributed by atoms with Gasteiger partial charge in [-0.3, -0.25) is 4.90 Å². The second kappa shape index (κ2) is 8.16. The van der Waals surface area contributed by atoms with Gasteiger partial charge in [0.25, 0.3) is 0 Å². The van der Waals surface area contributed by atoms with Crippen LogP contribution in [0.1, 0.15) is 26.7 Å². The van der Waals surface area contributed by atoms with Crippen LogP contribution in [0.4, 0.5) is 5.82 Å². The highest BCUT2D eigenvalue weighted by Crippen LogP contribution is 2.29. The van der Waals surface area contributed by atoms with Crippen LogP contribution in [0.25, 0.3) is 10.9 Å². The lowest BCUT2D eigenvalue weighted by molar-refractivity contribution is -0.0720. The molecule has 0 aliphatic carbocycles. The zero-order valence-electron chi connectivity index (χ0n) is 17.4. The number of anilines is 1. The van der Waals surface area contributed by atoms with E-state index in [1.807, 2.05) is 0 Å². The smallest absolute Gasteiger partial charge is 0.175 e. The molecule has 158 valence electrons. The topological polar surface area (TPSA) is 75.6 Å². The molecule has 0 radical (unpaired) electrons. The number of nitrogens with zero attached hydrogens (tertiary/aromatic N) is 4. The number of ether oxygens (including phenoxy) is 1. The van der Waals surface area contributed by atoms with E-state index in [1.165, 1.54) is 6.26 Å². The fourth-order valence-corrected chi connectivity index (χ4v) is 5.28. The predicted octanol–water partition coefficient (Wildman–Crippen LogP) is 2.36. The van der Waals surface area contributed by atoms with Gasteiger partial charge in [-0.25, -0.2) is 18.4 Å². The number of piperidine rings is 1. The van der Waals surface area contributed by atoms with Crippen molar-refractivity contribution in [3.05, 3.63) is 24.5 Å². The van der Waals surface area contributed by atoms with Crippen molar-refractivity contribution in [1.82, 2.24) is 14.9 Å². The summed E-state index contributed by atoms with van der Waals surface area (Å²) in [4.78, 5) is 13.9. The zero-order valence-corrected chi connectivity index (χ0v) is 18.2. The summed E-state index contributed by atoms with van der Waals surface area (Å²) in [5.74, 6) is 1.51. The highest BCUT2D eigenvalue weighted by atomic mass is 32.2. The highest BCUT2D eigenvalue weighted by molar-refractivity contribution is 7.90. The Morgan fingerprint density at radius 2 is 1.79 bits per heavy atom. The fraction of sp³-hybridized carbons (Fsp3) is 0.619. The number of aromatic nitrogens is 2. The van der Waals surface area contributed by atoms with Gasteiger partial charge in [0.05, 0.1) is 22.6 Å². The van der Waals surface area contributed by atoms with E-state index in [-0.39, 0.29) is 0 Å². The molecule has 2 aromatic rings. The maximum atomic E-state index is 12.0. The molecule has 2 aliphatic rings. The van der Waals surface area contributed by atoms with E-state index in [0.717, 1.165) is 62.3 Å². The average molecular weight is 419 g/mol. The lowest BCUT2D eigenvalue weighted by Gasteiger charge is -2.39. The zero-order chi connectivity index (χ0) is 20.6. The Balaban J connectivity index is 1.46. The molecule has 0 bridgehead atoms. The second-order valence-electron chi connectivity index (χ2n) is 8.55. The molecular formula is C21H30N4O3S. The molecule has 2 fully saturated rings. The first-order valence-corrected chi connectivity index (χ1v) is 12.3. The number of hydrogen-bond acceptors (Lipinski definition) is 7. The van der Waals surface area contributed by atoms with Crippen molar-refractivity contribution in [2.24, 2.45) is 5.92 Å². The third kappa shape index (κ3) is 4.70. The summed E-state index contributed by atoms with van der Waals surface area (Å²) in [6, 6.07) is 5.10. The summed E-state index contributed by atoms with van der Waals surface area (Å²) < 4.78 is 29.8. The van der Waals surface area contributed by atoms with Crippen LogP contribution in [0.3, 0.4) is 0 Å². The molecule has 3 heterocycles. The monoisotopic (exact) mass is 418 g/mol. The molecule has 0 amide bonds. The van der Waals surface area contributed by atoms with Gasteiger partial charge in [-0.15, -0.1) is 0 Å². The molecular weight excluding hydrogens is 388 g/mol. The number of rotatable bonds is 4. The van der Waals surface area contributed by atoms with E-state index in [0.29, 0.717) is 23.0 Å². The largest absolute Gasteiger partial charge is 0.373 e. The number of sulfone groups is 1. The first-order chi connectivity index (χ1) is 13.8. The molecule has 29 heavy (non-hydrogen) atoms. The van der Waals surface area contributed by atoms with E-state index in [1.54, 1.807) is 24.5 Å². The summed E-state index contributed by atoms with van der Waals surface area (Å²) in [5.41, 5.74) is 0.779. The van der Waals surface area contributed by atoms with Crippen molar-refractivity contribution >= 4 is 26.6 Å². The molecule has 2 aliphatic heterocycles. The normalized spacial score (nSPS) is 24.9. The van der Waals surface area contributed by atoms with Crippen molar-refractivity contribution in [3.8, 4) is 0 Å². The lowest BCUT2D eigenvalue weighted by atomic mass is 9.95. The van der Waals surface area contributed by atoms with Gasteiger partial charge in [0.1, 0.15) is 12.1 Å². The van der Waals surface area contributed by atoms with Crippen molar-refractivity contribution in [1.29, 1.82) is 0 Å².